The summed E-state index contributed by atoms with van der Waals surface area (Å²) in [4.78, 5) is 0. The summed E-state index contributed by atoms with van der Waals surface area (Å²) in [6, 6.07) is 10.0. The summed E-state index contributed by atoms with van der Waals surface area (Å²) in [5, 5.41) is 0. The van der Waals surface area contributed by atoms with Gasteiger partial charge in [-0.25, -0.2) is 0 Å². The van der Waals surface area contributed by atoms with E-state index >= 15 is 0 Å². The summed E-state index contributed by atoms with van der Waals surface area (Å²) in [6.07, 6.45) is 6.95. The van der Waals surface area contributed by atoms with Gasteiger partial charge in [0.25, 0.3) is 0 Å². The second-order valence-corrected chi connectivity index (χ2v) is 8.48. The lowest BCUT2D eigenvalue weighted by Crippen LogP contribution is -2.48. The quantitative estimate of drug-likeness (QED) is 0.650. The van der Waals surface area contributed by atoms with E-state index in [1.54, 1.807) is 0 Å². The van der Waals surface area contributed by atoms with Gasteiger partial charge in [0.2, 0.25) is 6.29 Å². The first-order chi connectivity index (χ1) is 11.9. The third kappa shape index (κ3) is 4.86. The van der Waals surface area contributed by atoms with Gasteiger partial charge in [-0.2, -0.15) is 0 Å². The van der Waals surface area contributed by atoms with Gasteiger partial charge in [-0.3, -0.25) is 0 Å². The minimum absolute atomic E-state index is 0.0803. The van der Waals surface area contributed by atoms with Crippen LogP contribution in [-0.4, -0.2) is 18.7 Å². The van der Waals surface area contributed by atoms with E-state index in [-0.39, 0.29) is 24.1 Å². The van der Waals surface area contributed by atoms with Crippen molar-refractivity contribution in [2.45, 2.75) is 78.0 Å². The maximum Gasteiger partial charge on any atom is 0.205 e. The van der Waals surface area contributed by atoms with E-state index in [2.05, 4.69) is 27.4 Å². The molecule has 0 amide bonds. The van der Waals surface area contributed by atoms with Gasteiger partial charge < -0.3 is 14.2 Å². The minimum atomic E-state index is -0.294. The Morgan fingerprint density at radius 1 is 1.04 bits per heavy atom. The molecule has 1 aliphatic heterocycles. The largest absolute Gasteiger partial charge is 0.465 e. The number of benzene rings is 1. The lowest BCUT2D eigenvalue weighted by Gasteiger charge is -2.44. The minimum Gasteiger partial charge on any atom is -0.465 e. The second kappa shape index (κ2) is 7.92. The molecule has 0 unspecified atom stereocenters. The van der Waals surface area contributed by atoms with E-state index in [9.17, 15) is 0 Å². The van der Waals surface area contributed by atoms with E-state index in [1.165, 1.54) is 32.1 Å². The van der Waals surface area contributed by atoms with Crippen molar-refractivity contribution in [2.75, 3.05) is 0 Å². The van der Waals surface area contributed by atoms with Crippen molar-refractivity contribution >= 4 is 5.76 Å². The van der Waals surface area contributed by atoms with Crippen LogP contribution in [0.15, 0.2) is 36.9 Å². The molecule has 1 saturated carbocycles. The average molecular weight is 344 g/mol. The van der Waals surface area contributed by atoms with Crippen molar-refractivity contribution < 1.29 is 14.2 Å². The molecule has 2 aliphatic rings. The van der Waals surface area contributed by atoms with Crippen LogP contribution in [-0.2, 0) is 14.2 Å². The SMILES string of the molecule is C=C(O[C@@H]1C[C@H](C2CCCCC2)O[C@H](C(C)(C)C)O1)c1ccccc1. The third-order valence-corrected chi connectivity index (χ3v) is 5.25. The van der Waals surface area contributed by atoms with Crippen LogP contribution in [0.4, 0.5) is 0 Å². The highest BCUT2D eigenvalue weighted by Crippen LogP contribution is 2.38. The Morgan fingerprint density at radius 3 is 2.36 bits per heavy atom. The summed E-state index contributed by atoms with van der Waals surface area (Å²) in [7, 11) is 0. The van der Waals surface area contributed by atoms with E-state index in [4.69, 9.17) is 14.2 Å². The normalized spacial score (nSPS) is 28.5. The monoisotopic (exact) mass is 344 g/mol. The first-order valence-corrected chi connectivity index (χ1v) is 9.65. The molecule has 0 bridgehead atoms. The summed E-state index contributed by atoms with van der Waals surface area (Å²) in [6.45, 7) is 10.6. The molecule has 3 rings (SSSR count). The standard InChI is InChI=1S/C22H32O3/c1-16(17-11-7-5-8-12-17)23-20-15-19(18-13-9-6-10-14-18)24-21(25-20)22(2,3)4/h5,7-8,11-12,18-21H,1,6,9-10,13-15H2,2-4H3/t19-,20+,21+/m1/s1. The molecular weight excluding hydrogens is 312 g/mol. The molecule has 2 fully saturated rings. The van der Waals surface area contributed by atoms with Crippen LogP contribution in [0, 0.1) is 11.3 Å². The fourth-order valence-corrected chi connectivity index (χ4v) is 3.77. The number of rotatable bonds is 4. The molecule has 138 valence electrons. The molecule has 1 aliphatic carbocycles. The molecule has 25 heavy (non-hydrogen) atoms. The van der Waals surface area contributed by atoms with Gasteiger partial charge in [0.1, 0.15) is 5.76 Å². The second-order valence-electron chi connectivity index (χ2n) is 8.48. The summed E-state index contributed by atoms with van der Waals surface area (Å²) in [5.41, 5.74) is 0.919. The molecule has 3 atom stereocenters. The molecule has 0 spiro atoms. The first kappa shape index (κ1) is 18.5. The van der Waals surface area contributed by atoms with Gasteiger partial charge >= 0.3 is 0 Å². The van der Waals surface area contributed by atoms with Crippen molar-refractivity contribution in [2.24, 2.45) is 11.3 Å². The predicted octanol–water partition coefficient (Wildman–Crippen LogP) is 5.76. The Labute approximate surface area is 152 Å². The highest BCUT2D eigenvalue weighted by molar-refractivity contribution is 5.57. The molecule has 0 aromatic heterocycles. The van der Waals surface area contributed by atoms with E-state index < -0.39 is 0 Å². The fraction of sp³-hybridized carbons (Fsp3) is 0.636. The fourth-order valence-electron chi connectivity index (χ4n) is 3.77. The van der Waals surface area contributed by atoms with Crippen LogP contribution in [0.2, 0.25) is 0 Å². The van der Waals surface area contributed by atoms with Gasteiger partial charge in [-0.1, -0.05) is 76.9 Å². The number of hydrogen-bond donors (Lipinski definition) is 0. The van der Waals surface area contributed by atoms with Crippen molar-refractivity contribution in [1.82, 2.24) is 0 Å². The molecule has 1 heterocycles. The molecule has 1 saturated heterocycles. The van der Waals surface area contributed by atoms with Crippen LogP contribution >= 0.6 is 0 Å². The lowest BCUT2D eigenvalue weighted by molar-refractivity contribution is -0.328. The van der Waals surface area contributed by atoms with Crippen molar-refractivity contribution in [1.29, 1.82) is 0 Å². The van der Waals surface area contributed by atoms with Gasteiger partial charge in [-0.15, -0.1) is 0 Å². The predicted molar refractivity (Wildman–Crippen MR) is 101 cm³/mol. The average Bonchev–Trinajstić information content (AvgIpc) is 2.62. The van der Waals surface area contributed by atoms with Crippen LogP contribution in [0.25, 0.3) is 5.76 Å². The van der Waals surface area contributed by atoms with E-state index in [0.717, 1.165) is 12.0 Å². The number of hydrogen-bond acceptors (Lipinski definition) is 3. The van der Waals surface area contributed by atoms with Gasteiger partial charge in [-0.05, 0) is 18.8 Å². The number of ether oxygens (including phenoxy) is 3. The van der Waals surface area contributed by atoms with Gasteiger partial charge in [0.15, 0.2) is 6.29 Å². The zero-order valence-corrected chi connectivity index (χ0v) is 15.9. The molecule has 3 heteroatoms. The van der Waals surface area contributed by atoms with Crippen molar-refractivity contribution in [3.8, 4) is 0 Å². The van der Waals surface area contributed by atoms with Crippen LogP contribution in [0.1, 0.15) is 64.9 Å². The van der Waals surface area contributed by atoms with Gasteiger partial charge in [0, 0.05) is 17.4 Å². The lowest BCUT2D eigenvalue weighted by atomic mass is 9.83. The maximum absolute atomic E-state index is 6.38. The molecule has 1 aromatic rings. The highest BCUT2D eigenvalue weighted by Gasteiger charge is 2.41. The Hall–Kier alpha value is -1.32. The Balaban J connectivity index is 1.69. The topological polar surface area (TPSA) is 27.7 Å². The zero-order chi connectivity index (χ0) is 17.9. The van der Waals surface area contributed by atoms with Crippen LogP contribution in [0.3, 0.4) is 0 Å². The molecule has 3 nitrogen and oxygen atoms in total. The third-order valence-electron chi connectivity index (χ3n) is 5.25. The smallest absolute Gasteiger partial charge is 0.205 e. The van der Waals surface area contributed by atoms with Crippen LogP contribution < -0.4 is 0 Å². The summed E-state index contributed by atoms with van der Waals surface area (Å²) in [5.74, 6) is 1.29. The Bertz CT molecular complexity index is 554. The van der Waals surface area contributed by atoms with E-state index in [1.807, 2.05) is 30.3 Å². The summed E-state index contributed by atoms with van der Waals surface area (Å²) >= 11 is 0. The van der Waals surface area contributed by atoms with Crippen LogP contribution in [0.5, 0.6) is 0 Å². The molecule has 0 N–H and O–H groups in total. The maximum atomic E-state index is 6.38. The van der Waals surface area contributed by atoms with E-state index in [0.29, 0.717) is 11.7 Å². The molecule has 1 aromatic carbocycles. The molecule has 0 radical (unpaired) electrons. The highest BCUT2D eigenvalue weighted by atomic mass is 16.8. The Morgan fingerprint density at radius 2 is 1.72 bits per heavy atom. The van der Waals surface area contributed by atoms with Gasteiger partial charge in [0.05, 0.1) is 6.10 Å². The zero-order valence-electron chi connectivity index (χ0n) is 15.9. The summed E-state index contributed by atoms with van der Waals surface area (Å²) < 4.78 is 18.7. The Kier molecular flexibility index (Phi) is 5.85. The van der Waals surface area contributed by atoms with Crippen molar-refractivity contribution in [3.05, 3.63) is 42.5 Å². The molecular formula is C22H32O3. The van der Waals surface area contributed by atoms with Crippen molar-refractivity contribution in [3.63, 3.8) is 0 Å². The first-order valence-electron chi connectivity index (χ1n) is 9.65.